The average Bonchev–Trinajstić information content (AvgIpc) is 2.11. The van der Waals surface area contributed by atoms with Crippen molar-refractivity contribution >= 4 is 28.8 Å². The molecule has 64 valence electrons. The molecular formula is C9H5FN2S. The van der Waals surface area contributed by atoms with Gasteiger partial charge in [0.15, 0.2) is 5.69 Å². The van der Waals surface area contributed by atoms with Crippen LogP contribution in [0.2, 0.25) is 0 Å². The van der Waals surface area contributed by atoms with Gasteiger partial charge in [0.2, 0.25) is 0 Å². The Hall–Kier alpha value is -1.56. The fourth-order valence-corrected chi connectivity index (χ4v) is 1.01. The van der Waals surface area contributed by atoms with Crippen LogP contribution in [0.5, 0.6) is 0 Å². The third kappa shape index (κ3) is 1.97. The van der Waals surface area contributed by atoms with Crippen LogP contribution in [-0.4, -0.2) is 5.16 Å². The maximum Gasteiger partial charge on any atom is 0.193 e. The number of nitrogens with zero attached hydrogens (tertiary/aromatic N) is 2. The molecule has 0 fully saturated rings. The van der Waals surface area contributed by atoms with E-state index in [0.717, 1.165) is 6.07 Å². The van der Waals surface area contributed by atoms with Crippen LogP contribution in [0.15, 0.2) is 17.1 Å². The lowest BCUT2D eigenvalue weighted by Crippen LogP contribution is -1.78. The monoisotopic (exact) mass is 192 g/mol. The Morgan fingerprint density at radius 2 is 2.31 bits per heavy atom. The quantitative estimate of drug-likeness (QED) is 0.378. The second-order valence-electron chi connectivity index (χ2n) is 2.41. The number of thiocarbonyl (C=S) groups is 1. The number of isothiocyanates is 1. The SMILES string of the molecule is [C-]#[N+]c1cc(F)c(N=C=S)cc1C. The molecular weight excluding hydrogens is 187 g/mol. The Morgan fingerprint density at radius 3 is 2.85 bits per heavy atom. The fourth-order valence-electron chi connectivity index (χ4n) is 0.911. The van der Waals surface area contributed by atoms with Crippen LogP contribution >= 0.6 is 12.2 Å². The summed E-state index contributed by atoms with van der Waals surface area (Å²) in [6.45, 7) is 8.46. The molecule has 0 aromatic heterocycles. The number of benzene rings is 1. The lowest BCUT2D eigenvalue weighted by atomic mass is 10.2. The minimum absolute atomic E-state index is 0.125. The van der Waals surface area contributed by atoms with Crippen molar-refractivity contribution in [3.05, 3.63) is 34.9 Å². The standard InChI is InChI=1S/C9H5FN2S/c1-6-3-9(12-5-13)7(10)4-8(6)11-2/h3-4H,1H3. The molecule has 0 unspecified atom stereocenters. The number of halogens is 1. The summed E-state index contributed by atoms with van der Waals surface area (Å²) in [5.41, 5.74) is 1.10. The first-order valence-corrected chi connectivity index (χ1v) is 3.85. The molecule has 0 N–H and O–H groups in total. The predicted molar refractivity (Wildman–Crippen MR) is 52.1 cm³/mol. The van der Waals surface area contributed by atoms with E-state index in [2.05, 4.69) is 27.2 Å². The summed E-state index contributed by atoms with van der Waals surface area (Å²) in [4.78, 5) is 6.68. The molecule has 0 aliphatic carbocycles. The van der Waals surface area contributed by atoms with Crippen molar-refractivity contribution in [2.45, 2.75) is 6.92 Å². The zero-order valence-corrected chi connectivity index (χ0v) is 7.65. The second kappa shape index (κ2) is 3.90. The van der Waals surface area contributed by atoms with Crippen molar-refractivity contribution in [1.82, 2.24) is 0 Å². The van der Waals surface area contributed by atoms with Crippen molar-refractivity contribution < 1.29 is 4.39 Å². The zero-order valence-electron chi connectivity index (χ0n) is 6.84. The first kappa shape index (κ1) is 9.53. The normalized spacial score (nSPS) is 8.69. The Morgan fingerprint density at radius 1 is 1.62 bits per heavy atom. The molecule has 0 amide bonds. The first-order chi connectivity index (χ1) is 6.19. The van der Waals surface area contributed by atoms with Gasteiger partial charge in [0.05, 0.1) is 11.7 Å². The highest BCUT2D eigenvalue weighted by Gasteiger charge is 2.05. The van der Waals surface area contributed by atoms with Crippen LogP contribution in [0.3, 0.4) is 0 Å². The maximum atomic E-state index is 13.1. The van der Waals surface area contributed by atoms with E-state index < -0.39 is 5.82 Å². The molecule has 0 saturated carbocycles. The van der Waals surface area contributed by atoms with Gasteiger partial charge in [-0.2, -0.15) is 4.99 Å². The third-order valence-corrected chi connectivity index (χ3v) is 1.64. The molecule has 4 heteroatoms. The first-order valence-electron chi connectivity index (χ1n) is 3.44. The summed E-state index contributed by atoms with van der Waals surface area (Å²) in [6.07, 6.45) is 0. The third-order valence-electron chi connectivity index (χ3n) is 1.55. The molecule has 0 aliphatic heterocycles. The summed E-state index contributed by atoms with van der Waals surface area (Å²) in [5, 5.41) is 2.08. The number of aliphatic imine (C=N–C) groups is 1. The molecule has 0 aliphatic rings. The number of rotatable bonds is 1. The summed E-state index contributed by atoms with van der Waals surface area (Å²) in [6, 6.07) is 2.62. The van der Waals surface area contributed by atoms with Crippen molar-refractivity contribution in [3.8, 4) is 0 Å². The predicted octanol–water partition coefficient (Wildman–Crippen LogP) is 3.42. The van der Waals surface area contributed by atoms with E-state index in [4.69, 9.17) is 6.57 Å². The van der Waals surface area contributed by atoms with Crippen molar-refractivity contribution in [1.29, 1.82) is 0 Å². The highest BCUT2D eigenvalue weighted by Crippen LogP contribution is 2.27. The van der Waals surface area contributed by atoms with Gasteiger partial charge in [-0.05, 0) is 36.8 Å². The van der Waals surface area contributed by atoms with E-state index in [0.29, 0.717) is 11.3 Å². The van der Waals surface area contributed by atoms with E-state index in [9.17, 15) is 4.39 Å². The fraction of sp³-hybridized carbons (Fsp3) is 0.111. The van der Waals surface area contributed by atoms with E-state index in [1.165, 1.54) is 6.07 Å². The van der Waals surface area contributed by atoms with E-state index in [1.54, 1.807) is 6.92 Å². The van der Waals surface area contributed by atoms with Gasteiger partial charge in [0, 0.05) is 0 Å². The number of aryl methyl sites for hydroxylation is 1. The topological polar surface area (TPSA) is 16.7 Å². The Labute approximate surface area is 80.5 Å². The highest BCUT2D eigenvalue weighted by atomic mass is 32.1. The molecule has 0 bridgehead atoms. The van der Waals surface area contributed by atoms with Gasteiger partial charge in [0.25, 0.3) is 0 Å². The van der Waals surface area contributed by atoms with Gasteiger partial charge in [0.1, 0.15) is 11.5 Å². The smallest absolute Gasteiger partial charge is 0.193 e. The molecule has 0 atom stereocenters. The van der Waals surface area contributed by atoms with Gasteiger partial charge >= 0.3 is 0 Å². The van der Waals surface area contributed by atoms with E-state index in [1.807, 2.05) is 0 Å². The summed E-state index contributed by atoms with van der Waals surface area (Å²) >= 11 is 4.35. The molecule has 13 heavy (non-hydrogen) atoms. The van der Waals surface area contributed by atoms with Gasteiger partial charge in [-0.15, -0.1) is 0 Å². The van der Waals surface area contributed by atoms with Gasteiger partial charge < -0.3 is 0 Å². The van der Waals surface area contributed by atoms with Crippen LogP contribution < -0.4 is 0 Å². The second-order valence-corrected chi connectivity index (χ2v) is 2.59. The van der Waals surface area contributed by atoms with Crippen molar-refractivity contribution in [3.63, 3.8) is 0 Å². The minimum atomic E-state index is -0.547. The molecule has 2 nitrogen and oxygen atoms in total. The lowest BCUT2D eigenvalue weighted by molar-refractivity contribution is 0.630. The van der Waals surface area contributed by atoms with Crippen LogP contribution in [0.1, 0.15) is 5.56 Å². The molecule has 1 aromatic rings. The Bertz CT molecular complexity index is 428. The van der Waals surface area contributed by atoms with Crippen LogP contribution in [0.4, 0.5) is 15.8 Å². The summed E-state index contributed by atoms with van der Waals surface area (Å²) in [5.74, 6) is -0.547. The largest absolute Gasteiger partial charge is 0.238 e. The average molecular weight is 192 g/mol. The summed E-state index contributed by atoms with van der Waals surface area (Å²) in [7, 11) is 0. The molecule has 0 saturated heterocycles. The Kier molecular flexibility index (Phi) is 2.86. The maximum absolute atomic E-state index is 13.1. The molecule has 1 aromatic carbocycles. The van der Waals surface area contributed by atoms with Crippen LogP contribution in [0, 0.1) is 19.3 Å². The van der Waals surface area contributed by atoms with Gasteiger partial charge in [-0.1, -0.05) is 0 Å². The molecule has 0 radical (unpaired) electrons. The molecule has 0 heterocycles. The number of hydrogen-bond acceptors (Lipinski definition) is 2. The van der Waals surface area contributed by atoms with Crippen LogP contribution in [0.25, 0.3) is 4.85 Å². The number of hydrogen-bond donors (Lipinski definition) is 0. The van der Waals surface area contributed by atoms with Crippen molar-refractivity contribution in [2.75, 3.05) is 0 Å². The molecule has 1 rings (SSSR count). The highest BCUT2D eigenvalue weighted by molar-refractivity contribution is 7.78. The van der Waals surface area contributed by atoms with E-state index >= 15 is 0 Å². The van der Waals surface area contributed by atoms with Crippen molar-refractivity contribution in [2.24, 2.45) is 4.99 Å². The molecule has 0 spiro atoms. The van der Waals surface area contributed by atoms with Gasteiger partial charge in [-0.25, -0.2) is 9.24 Å². The zero-order chi connectivity index (χ0) is 9.84. The minimum Gasteiger partial charge on any atom is -0.238 e. The lowest BCUT2D eigenvalue weighted by Gasteiger charge is -1.99. The van der Waals surface area contributed by atoms with E-state index in [-0.39, 0.29) is 5.69 Å². The van der Waals surface area contributed by atoms with Crippen LogP contribution in [-0.2, 0) is 0 Å². The van der Waals surface area contributed by atoms with Gasteiger partial charge in [-0.3, -0.25) is 0 Å². The Balaban J connectivity index is 3.38. The summed E-state index contributed by atoms with van der Waals surface area (Å²) < 4.78 is 13.1.